The smallest absolute Gasteiger partial charge is 0.194 e. The molecule has 6 heteroatoms. The van der Waals surface area contributed by atoms with Gasteiger partial charge in [0, 0.05) is 57.9 Å². The zero-order valence-electron chi connectivity index (χ0n) is 19.0. The topological polar surface area (TPSA) is 47.0 Å². The summed E-state index contributed by atoms with van der Waals surface area (Å²) >= 11 is 0. The van der Waals surface area contributed by atoms with Crippen LogP contribution >= 0.6 is 0 Å². The van der Waals surface area contributed by atoms with E-state index in [-0.39, 0.29) is 0 Å². The Hall–Kier alpha value is -2.60. The zero-order valence-corrected chi connectivity index (χ0v) is 19.0. The van der Waals surface area contributed by atoms with Gasteiger partial charge in [-0.3, -0.25) is 0 Å². The van der Waals surface area contributed by atoms with E-state index in [2.05, 4.69) is 81.3 Å². The maximum atomic E-state index is 4.98. The highest BCUT2D eigenvalue weighted by molar-refractivity contribution is 5.80. The number of piperazine rings is 1. The molecule has 2 fully saturated rings. The van der Waals surface area contributed by atoms with Gasteiger partial charge >= 0.3 is 0 Å². The zero-order chi connectivity index (χ0) is 21.5. The Bertz CT molecular complexity index is 844. The van der Waals surface area contributed by atoms with Crippen LogP contribution in [0.25, 0.3) is 0 Å². The minimum Gasteiger partial charge on any atom is -0.357 e. The van der Waals surface area contributed by atoms with Gasteiger partial charge in [-0.1, -0.05) is 37.3 Å². The van der Waals surface area contributed by atoms with Crippen LogP contribution in [0.3, 0.4) is 0 Å². The van der Waals surface area contributed by atoms with Gasteiger partial charge in [0.2, 0.25) is 0 Å². The molecule has 0 bridgehead atoms. The molecular weight excluding hydrogens is 384 g/mol. The summed E-state index contributed by atoms with van der Waals surface area (Å²) in [7, 11) is 0. The van der Waals surface area contributed by atoms with Crippen molar-refractivity contribution >= 4 is 11.8 Å². The number of aliphatic imine (C=N–C) groups is 1. The van der Waals surface area contributed by atoms with Crippen LogP contribution in [-0.2, 0) is 6.54 Å². The number of hydrogen-bond donors (Lipinski definition) is 1. The fraction of sp³-hybridized carbons (Fsp3) is 0.520. The highest BCUT2D eigenvalue weighted by atomic mass is 15.3. The molecule has 166 valence electrons. The molecule has 0 aliphatic carbocycles. The molecular formula is C25H36N6. The summed E-state index contributed by atoms with van der Waals surface area (Å²) in [5, 5.41) is 3.50. The number of nitrogens with zero attached hydrogens (tertiary/aromatic N) is 5. The van der Waals surface area contributed by atoms with Crippen LogP contribution < -0.4 is 10.2 Å². The second-order valence-electron chi connectivity index (χ2n) is 8.46. The van der Waals surface area contributed by atoms with Crippen LogP contribution in [-0.4, -0.2) is 73.1 Å². The number of guanidine groups is 1. The van der Waals surface area contributed by atoms with Crippen LogP contribution in [0.1, 0.15) is 37.3 Å². The Labute approximate surface area is 187 Å². The summed E-state index contributed by atoms with van der Waals surface area (Å²) in [5.74, 6) is 2.69. The first-order chi connectivity index (χ1) is 15.3. The number of aromatic nitrogens is 1. The summed E-state index contributed by atoms with van der Waals surface area (Å²) in [4.78, 5) is 16.9. The normalized spacial score (nSPS) is 20.3. The molecule has 0 amide bonds. The predicted molar refractivity (Wildman–Crippen MR) is 129 cm³/mol. The summed E-state index contributed by atoms with van der Waals surface area (Å²) in [6, 6.07) is 15.2. The molecule has 1 aromatic heterocycles. The fourth-order valence-corrected chi connectivity index (χ4v) is 4.57. The van der Waals surface area contributed by atoms with Crippen LogP contribution in [0.4, 0.5) is 5.82 Å². The minimum atomic E-state index is 0.583. The molecule has 0 radical (unpaired) electrons. The van der Waals surface area contributed by atoms with Crippen molar-refractivity contribution in [2.45, 2.75) is 32.7 Å². The van der Waals surface area contributed by atoms with E-state index < -0.39 is 0 Å². The Morgan fingerprint density at radius 2 is 1.87 bits per heavy atom. The van der Waals surface area contributed by atoms with Crippen LogP contribution in [0.15, 0.2) is 53.7 Å². The second-order valence-corrected chi connectivity index (χ2v) is 8.46. The lowest BCUT2D eigenvalue weighted by atomic mass is 9.99. The van der Waals surface area contributed by atoms with Gasteiger partial charge in [0.25, 0.3) is 0 Å². The Kier molecular flexibility index (Phi) is 7.41. The molecule has 2 aliphatic heterocycles. The van der Waals surface area contributed by atoms with E-state index in [0.29, 0.717) is 12.5 Å². The van der Waals surface area contributed by atoms with E-state index in [0.717, 1.165) is 64.1 Å². The Balaban J connectivity index is 1.40. The van der Waals surface area contributed by atoms with Crippen molar-refractivity contribution in [2.24, 2.45) is 4.99 Å². The number of pyridine rings is 1. The standard InChI is InChI=1S/C25H36N6/c1-3-26-25(31-13-11-23(20-31)22-8-6-5-7-9-22)28-19-21-10-12-27-24(18-21)30-16-14-29(4-2)15-17-30/h5-10,12,18,23H,3-4,11,13-17,19-20H2,1-2H3,(H,26,28). The molecule has 1 atom stereocenters. The van der Waals surface area contributed by atoms with Crippen LogP contribution in [0, 0.1) is 0 Å². The summed E-state index contributed by atoms with van der Waals surface area (Å²) < 4.78 is 0. The predicted octanol–water partition coefficient (Wildman–Crippen LogP) is 3.18. The van der Waals surface area contributed by atoms with E-state index in [1.54, 1.807) is 0 Å². The van der Waals surface area contributed by atoms with Crippen molar-refractivity contribution in [3.63, 3.8) is 0 Å². The maximum absolute atomic E-state index is 4.98. The van der Waals surface area contributed by atoms with Gasteiger partial charge in [-0.05, 0) is 43.1 Å². The third-order valence-corrected chi connectivity index (χ3v) is 6.46. The number of rotatable bonds is 6. The van der Waals surface area contributed by atoms with Crippen molar-refractivity contribution in [1.82, 2.24) is 20.1 Å². The molecule has 1 unspecified atom stereocenters. The number of likely N-dealkylation sites (tertiary alicyclic amines) is 1. The quantitative estimate of drug-likeness (QED) is 0.575. The van der Waals surface area contributed by atoms with Crippen LogP contribution in [0.5, 0.6) is 0 Å². The molecule has 1 N–H and O–H groups in total. The van der Waals surface area contributed by atoms with E-state index >= 15 is 0 Å². The lowest BCUT2D eigenvalue weighted by Gasteiger charge is -2.34. The summed E-state index contributed by atoms with van der Waals surface area (Å²) in [6.45, 7) is 13.5. The molecule has 31 heavy (non-hydrogen) atoms. The molecule has 3 heterocycles. The minimum absolute atomic E-state index is 0.583. The van der Waals surface area contributed by atoms with Crippen molar-refractivity contribution < 1.29 is 0 Å². The van der Waals surface area contributed by atoms with Crippen molar-refractivity contribution in [3.05, 3.63) is 59.8 Å². The molecule has 0 spiro atoms. The number of hydrogen-bond acceptors (Lipinski definition) is 4. The molecule has 0 saturated carbocycles. The molecule has 4 rings (SSSR count). The van der Waals surface area contributed by atoms with Gasteiger partial charge < -0.3 is 20.0 Å². The molecule has 2 saturated heterocycles. The molecule has 2 aromatic rings. The van der Waals surface area contributed by atoms with Gasteiger partial charge in [0.1, 0.15) is 5.82 Å². The number of nitrogens with one attached hydrogen (secondary N) is 1. The van der Waals surface area contributed by atoms with Crippen molar-refractivity contribution in [1.29, 1.82) is 0 Å². The average molecular weight is 421 g/mol. The monoisotopic (exact) mass is 420 g/mol. The first-order valence-corrected chi connectivity index (χ1v) is 11.8. The van der Waals surface area contributed by atoms with Gasteiger partial charge in [-0.2, -0.15) is 0 Å². The highest BCUT2D eigenvalue weighted by Gasteiger charge is 2.26. The van der Waals surface area contributed by atoms with Gasteiger partial charge in [-0.15, -0.1) is 0 Å². The average Bonchev–Trinajstić information content (AvgIpc) is 3.33. The third kappa shape index (κ3) is 5.56. The highest BCUT2D eigenvalue weighted by Crippen LogP contribution is 2.27. The van der Waals surface area contributed by atoms with Crippen molar-refractivity contribution in [2.75, 3.05) is 57.3 Å². The van der Waals surface area contributed by atoms with Gasteiger partial charge in [0.15, 0.2) is 5.96 Å². The summed E-state index contributed by atoms with van der Waals surface area (Å²) in [5.41, 5.74) is 2.65. The molecule has 6 nitrogen and oxygen atoms in total. The fourth-order valence-electron chi connectivity index (χ4n) is 4.57. The Morgan fingerprint density at radius 1 is 1.06 bits per heavy atom. The number of benzene rings is 1. The van der Waals surface area contributed by atoms with Gasteiger partial charge in [-0.25, -0.2) is 9.98 Å². The van der Waals surface area contributed by atoms with Gasteiger partial charge in [0.05, 0.1) is 6.54 Å². The number of anilines is 1. The molecule has 1 aromatic carbocycles. The third-order valence-electron chi connectivity index (χ3n) is 6.46. The largest absolute Gasteiger partial charge is 0.357 e. The van der Waals surface area contributed by atoms with E-state index in [1.165, 1.54) is 17.5 Å². The maximum Gasteiger partial charge on any atom is 0.194 e. The lowest BCUT2D eigenvalue weighted by Crippen LogP contribution is -2.46. The second kappa shape index (κ2) is 10.6. The summed E-state index contributed by atoms with van der Waals surface area (Å²) in [6.07, 6.45) is 3.11. The van der Waals surface area contributed by atoms with E-state index in [4.69, 9.17) is 4.99 Å². The van der Waals surface area contributed by atoms with Crippen LogP contribution in [0.2, 0.25) is 0 Å². The Morgan fingerprint density at radius 3 is 2.61 bits per heavy atom. The van der Waals surface area contributed by atoms with Crippen molar-refractivity contribution in [3.8, 4) is 0 Å². The SMILES string of the molecule is CCNC(=NCc1ccnc(N2CCN(CC)CC2)c1)N1CCC(c2ccccc2)C1. The lowest BCUT2D eigenvalue weighted by molar-refractivity contribution is 0.270. The molecule has 2 aliphatic rings. The van der Waals surface area contributed by atoms with E-state index in [1.807, 2.05) is 6.20 Å². The van der Waals surface area contributed by atoms with E-state index in [9.17, 15) is 0 Å². The first kappa shape index (κ1) is 21.6. The first-order valence-electron chi connectivity index (χ1n) is 11.8. The number of likely N-dealkylation sites (N-methyl/N-ethyl adjacent to an activating group) is 1.